The van der Waals surface area contributed by atoms with Crippen LogP contribution in [0.25, 0.3) is 0 Å². The lowest BCUT2D eigenvalue weighted by Crippen LogP contribution is -2.29. The smallest absolute Gasteiger partial charge is 0.309 e. The SMILES string of the molecule is C=C(CC)CC(=O)OCCCCCCCCN(CCO)CCCCCCCC(=O)OCCCCCCCCC. The monoisotopic (exact) mass is 553 g/mol. The molecule has 0 unspecified atom stereocenters. The normalized spacial score (nSPS) is 11.2. The van der Waals surface area contributed by atoms with Crippen LogP contribution in [0.3, 0.4) is 0 Å². The topological polar surface area (TPSA) is 76.1 Å². The number of ether oxygens (including phenoxy) is 2. The summed E-state index contributed by atoms with van der Waals surface area (Å²) in [6.07, 6.45) is 22.6. The van der Waals surface area contributed by atoms with Crippen LogP contribution >= 0.6 is 0 Å². The summed E-state index contributed by atoms with van der Waals surface area (Å²) >= 11 is 0. The van der Waals surface area contributed by atoms with Gasteiger partial charge in [-0.15, -0.1) is 0 Å². The molecule has 0 amide bonds. The quantitative estimate of drug-likeness (QED) is 0.0549. The summed E-state index contributed by atoms with van der Waals surface area (Å²) in [6, 6.07) is 0. The van der Waals surface area contributed by atoms with E-state index in [1.54, 1.807) is 0 Å². The summed E-state index contributed by atoms with van der Waals surface area (Å²) in [4.78, 5) is 25.9. The zero-order chi connectivity index (χ0) is 28.8. The lowest BCUT2D eigenvalue weighted by atomic mass is 10.1. The Hall–Kier alpha value is -1.40. The van der Waals surface area contributed by atoms with Gasteiger partial charge in [-0.3, -0.25) is 9.59 Å². The maximum absolute atomic E-state index is 11.9. The number of unbranched alkanes of at least 4 members (excludes halogenated alkanes) is 15. The van der Waals surface area contributed by atoms with Gasteiger partial charge >= 0.3 is 11.9 Å². The fourth-order valence-corrected chi connectivity index (χ4v) is 4.64. The average molecular weight is 554 g/mol. The summed E-state index contributed by atoms with van der Waals surface area (Å²) in [5.74, 6) is -0.188. The Morgan fingerprint density at radius 2 is 1.08 bits per heavy atom. The summed E-state index contributed by atoms with van der Waals surface area (Å²) in [6.45, 7) is 12.2. The van der Waals surface area contributed by atoms with Gasteiger partial charge in [0.2, 0.25) is 0 Å². The second-order valence-corrected chi connectivity index (χ2v) is 11.0. The molecule has 0 aliphatic heterocycles. The van der Waals surface area contributed by atoms with E-state index in [0.29, 0.717) is 26.1 Å². The van der Waals surface area contributed by atoms with Crippen LogP contribution in [0.2, 0.25) is 0 Å². The van der Waals surface area contributed by atoms with Crippen molar-refractivity contribution >= 4 is 11.9 Å². The molecule has 0 rings (SSSR count). The van der Waals surface area contributed by atoms with Crippen molar-refractivity contribution in [3.8, 4) is 0 Å². The second kappa shape index (κ2) is 29.6. The molecule has 0 radical (unpaired) electrons. The van der Waals surface area contributed by atoms with Crippen LogP contribution in [0.1, 0.15) is 149 Å². The van der Waals surface area contributed by atoms with Gasteiger partial charge in [0.15, 0.2) is 0 Å². The van der Waals surface area contributed by atoms with E-state index in [2.05, 4.69) is 18.4 Å². The molecule has 39 heavy (non-hydrogen) atoms. The van der Waals surface area contributed by atoms with Crippen molar-refractivity contribution in [3.63, 3.8) is 0 Å². The lowest BCUT2D eigenvalue weighted by Gasteiger charge is -2.21. The first-order chi connectivity index (χ1) is 19.0. The molecule has 6 nitrogen and oxygen atoms in total. The number of carbonyl (C=O) groups excluding carboxylic acids is 2. The Labute approximate surface area is 241 Å². The number of hydrogen-bond acceptors (Lipinski definition) is 6. The van der Waals surface area contributed by atoms with E-state index in [1.165, 1.54) is 64.2 Å². The predicted molar refractivity (Wildman–Crippen MR) is 163 cm³/mol. The van der Waals surface area contributed by atoms with E-state index < -0.39 is 0 Å². The first-order valence-electron chi connectivity index (χ1n) is 16.3. The zero-order valence-corrected chi connectivity index (χ0v) is 25.8. The van der Waals surface area contributed by atoms with Crippen LogP contribution in [-0.2, 0) is 19.1 Å². The van der Waals surface area contributed by atoms with E-state index in [9.17, 15) is 14.7 Å². The fourth-order valence-electron chi connectivity index (χ4n) is 4.64. The third-order valence-electron chi connectivity index (χ3n) is 7.31. The van der Waals surface area contributed by atoms with E-state index in [4.69, 9.17) is 9.47 Å². The van der Waals surface area contributed by atoms with Gasteiger partial charge in [0.25, 0.3) is 0 Å². The summed E-state index contributed by atoms with van der Waals surface area (Å²) in [5.41, 5.74) is 0.929. The summed E-state index contributed by atoms with van der Waals surface area (Å²) < 4.78 is 10.6. The van der Waals surface area contributed by atoms with Crippen LogP contribution in [-0.4, -0.2) is 61.4 Å². The minimum Gasteiger partial charge on any atom is -0.466 e. The maximum Gasteiger partial charge on any atom is 0.309 e. The molecular formula is C33H63NO5. The van der Waals surface area contributed by atoms with Gasteiger partial charge in [0.1, 0.15) is 0 Å². The molecule has 0 aliphatic rings. The van der Waals surface area contributed by atoms with Crippen LogP contribution in [0.15, 0.2) is 12.2 Å². The van der Waals surface area contributed by atoms with Gasteiger partial charge in [0, 0.05) is 13.0 Å². The fraction of sp³-hybridized carbons (Fsp3) is 0.879. The number of nitrogens with zero attached hydrogens (tertiary/aromatic N) is 1. The van der Waals surface area contributed by atoms with Crippen molar-refractivity contribution in [2.45, 2.75) is 149 Å². The zero-order valence-electron chi connectivity index (χ0n) is 25.8. The minimum absolute atomic E-state index is 0.0347. The van der Waals surface area contributed by atoms with E-state index in [1.807, 2.05) is 6.92 Å². The standard InChI is InChI=1S/C33H63NO5/c1-4-6-7-8-10-16-21-28-38-32(36)23-18-13-12-15-20-25-34(26-27-35)24-19-14-9-11-17-22-29-39-33(37)30-31(3)5-2/h35H,3-30H2,1-2H3. The molecule has 0 spiro atoms. The van der Waals surface area contributed by atoms with Gasteiger partial charge in [-0.05, 0) is 51.6 Å². The highest BCUT2D eigenvalue weighted by Gasteiger charge is 2.06. The molecule has 0 atom stereocenters. The molecule has 0 aliphatic carbocycles. The number of rotatable bonds is 30. The summed E-state index contributed by atoms with van der Waals surface area (Å²) in [5, 5.41) is 9.39. The third-order valence-corrected chi connectivity index (χ3v) is 7.31. The van der Waals surface area contributed by atoms with Crippen LogP contribution < -0.4 is 0 Å². The largest absolute Gasteiger partial charge is 0.466 e. The third kappa shape index (κ3) is 27.9. The molecule has 0 aromatic heterocycles. The van der Waals surface area contributed by atoms with Crippen molar-refractivity contribution in [1.29, 1.82) is 0 Å². The Kier molecular flexibility index (Phi) is 28.5. The highest BCUT2D eigenvalue weighted by atomic mass is 16.5. The van der Waals surface area contributed by atoms with E-state index in [-0.39, 0.29) is 18.5 Å². The molecule has 0 fully saturated rings. The van der Waals surface area contributed by atoms with Gasteiger partial charge in [-0.2, -0.15) is 0 Å². The number of aliphatic hydroxyl groups is 1. The molecule has 0 bridgehead atoms. The Morgan fingerprint density at radius 3 is 1.59 bits per heavy atom. The van der Waals surface area contributed by atoms with Crippen LogP contribution in [0, 0.1) is 0 Å². The van der Waals surface area contributed by atoms with E-state index in [0.717, 1.165) is 83.0 Å². The van der Waals surface area contributed by atoms with Gasteiger partial charge in [-0.1, -0.05) is 109 Å². The van der Waals surface area contributed by atoms with Crippen molar-refractivity contribution in [1.82, 2.24) is 4.90 Å². The number of aliphatic hydroxyl groups excluding tert-OH is 1. The molecule has 0 aromatic carbocycles. The Balaban J connectivity index is 3.56. The molecule has 0 saturated heterocycles. The highest BCUT2D eigenvalue weighted by molar-refractivity contribution is 5.72. The predicted octanol–water partition coefficient (Wildman–Crippen LogP) is 8.16. The van der Waals surface area contributed by atoms with Crippen LogP contribution in [0.4, 0.5) is 0 Å². The molecule has 230 valence electrons. The van der Waals surface area contributed by atoms with Crippen molar-refractivity contribution in [2.75, 3.05) is 39.5 Å². The molecule has 0 aromatic rings. The number of carbonyl (C=O) groups is 2. The molecule has 0 heterocycles. The van der Waals surface area contributed by atoms with E-state index >= 15 is 0 Å². The molecular weight excluding hydrogens is 490 g/mol. The van der Waals surface area contributed by atoms with Gasteiger partial charge in [0.05, 0.1) is 26.2 Å². The highest BCUT2D eigenvalue weighted by Crippen LogP contribution is 2.11. The minimum atomic E-state index is -0.153. The Morgan fingerprint density at radius 1 is 0.615 bits per heavy atom. The average Bonchev–Trinajstić information content (AvgIpc) is 2.92. The van der Waals surface area contributed by atoms with Crippen molar-refractivity contribution in [3.05, 3.63) is 12.2 Å². The molecule has 1 N–H and O–H groups in total. The maximum atomic E-state index is 11.9. The Bertz CT molecular complexity index is 580. The van der Waals surface area contributed by atoms with Gasteiger partial charge < -0.3 is 19.5 Å². The first-order valence-corrected chi connectivity index (χ1v) is 16.3. The second-order valence-electron chi connectivity index (χ2n) is 11.0. The molecule has 6 heteroatoms. The van der Waals surface area contributed by atoms with Crippen LogP contribution in [0.5, 0.6) is 0 Å². The van der Waals surface area contributed by atoms with Crippen molar-refractivity contribution < 1.29 is 24.2 Å². The first kappa shape index (κ1) is 37.6. The lowest BCUT2D eigenvalue weighted by molar-refractivity contribution is -0.144. The summed E-state index contributed by atoms with van der Waals surface area (Å²) in [7, 11) is 0. The van der Waals surface area contributed by atoms with Crippen molar-refractivity contribution in [2.24, 2.45) is 0 Å². The number of esters is 2. The van der Waals surface area contributed by atoms with Gasteiger partial charge in [-0.25, -0.2) is 0 Å². The molecule has 0 saturated carbocycles. The number of hydrogen-bond donors (Lipinski definition) is 1.